The second-order valence-corrected chi connectivity index (χ2v) is 4.96. The molecular formula is C12H11BrClNO2. The molecule has 1 atom stereocenters. The average Bonchev–Trinajstić information content (AvgIpc) is 2.78. The molecular weight excluding hydrogens is 305 g/mol. The lowest BCUT2D eigenvalue weighted by atomic mass is 10.1. The van der Waals surface area contributed by atoms with Gasteiger partial charge in [0.05, 0.1) is 4.83 Å². The summed E-state index contributed by atoms with van der Waals surface area (Å²) in [7, 11) is 0. The van der Waals surface area contributed by atoms with E-state index in [-0.39, 0.29) is 11.4 Å². The van der Waals surface area contributed by atoms with Gasteiger partial charge in [-0.1, -0.05) is 44.8 Å². The van der Waals surface area contributed by atoms with Gasteiger partial charge in [0.1, 0.15) is 12.0 Å². The molecule has 1 heterocycles. The van der Waals surface area contributed by atoms with Gasteiger partial charge in [0.15, 0.2) is 0 Å². The first kappa shape index (κ1) is 12.6. The van der Waals surface area contributed by atoms with E-state index >= 15 is 0 Å². The van der Waals surface area contributed by atoms with Gasteiger partial charge in [-0.05, 0) is 17.7 Å². The van der Waals surface area contributed by atoms with Crippen LogP contribution in [0.4, 0.5) is 0 Å². The van der Waals surface area contributed by atoms with Gasteiger partial charge in [-0.25, -0.2) is 0 Å². The lowest BCUT2D eigenvalue weighted by Gasteiger charge is -2.08. The van der Waals surface area contributed by atoms with Crippen molar-refractivity contribution < 1.29 is 9.63 Å². The number of rotatable bonds is 4. The summed E-state index contributed by atoms with van der Waals surface area (Å²) in [5.74, 6) is 0. The predicted octanol–water partition coefficient (Wildman–Crippen LogP) is 3.35. The first-order valence-corrected chi connectivity index (χ1v) is 6.45. The topological polar surface area (TPSA) is 46.3 Å². The Labute approximate surface area is 113 Å². The van der Waals surface area contributed by atoms with E-state index in [4.69, 9.17) is 21.2 Å². The summed E-state index contributed by atoms with van der Waals surface area (Å²) in [6, 6.07) is 7.52. The molecule has 90 valence electrons. The zero-order valence-electron chi connectivity index (χ0n) is 8.94. The lowest BCUT2D eigenvalue weighted by Crippen LogP contribution is -1.99. The molecule has 17 heavy (non-hydrogen) atoms. The first-order valence-electron chi connectivity index (χ1n) is 5.16. The highest BCUT2D eigenvalue weighted by Crippen LogP contribution is 2.32. The third-order valence-electron chi connectivity index (χ3n) is 2.46. The van der Waals surface area contributed by atoms with E-state index < -0.39 is 0 Å². The quantitative estimate of drug-likeness (QED) is 0.880. The van der Waals surface area contributed by atoms with Crippen molar-refractivity contribution in [3.8, 4) is 0 Å². The summed E-state index contributed by atoms with van der Waals surface area (Å²) in [6.45, 7) is 0.0779. The Morgan fingerprint density at radius 3 is 2.71 bits per heavy atom. The molecule has 1 aromatic carbocycles. The number of nitrogens with zero attached hydrogens (tertiary/aromatic N) is 1. The van der Waals surface area contributed by atoms with Crippen molar-refractivity contribution in [1.82, 2.24) is 5.16 Å². The zero-order valence-corrected chi connectivity index (χ0v) is 11.3. The highest BCUT2D eigenvalue weighted by molar-refractivity contribution is 9.09. The van der Waals surface area contributed by atoms with Gasteiger partial charge in [0.2, 0.25) is 0 Å². The number of aliphatic hydroxyl groups is 1. The summed E-state index contributed by atoms with van der Waals surface area (Å²) >= 11 is 9.41. The van der Waals surface area contributed by atoms with Crippen LogP contribution in [0.3, 0.4) is 0 Å². The standard InChI is InChI=1S/C12H11BrClNO2/c13-11(8-1-3-10(14)4-2-8)12-9(5-6-16)7-17-15-12/h1-4,7,11,16H,5-6H2/t11-/m1/s1. The Kier molecular flexibility index (Phi) is 4.20. The molecule has 5 heteroatoms. The molecule has 0 saturated carbocycles. The number of aliphatic hydroxyl groups excluding tert-OH is 1. The van der Waals surface area contributed by atoms with Crippen molar-refractivity contribution in [2.24, 2.45) is 0 Å². The highest BCUT2D eigenvalue weighted by Gasteiger charge is 2.18. The zero-order chi connectivity index (χ0) is 12.3. The number of halogens is 2. The summed E-state index contributed by atoms with van der Waals surface area (Å²) < 4.78 is 4.95. The predicted molar refractivity (Wildman–Crippen MR) is 69.5 cm³/mol. The van der Waals surface area contributed by atoms with Gasteiger partial charge in [-0.3, -0.25) is 0 Å². The van der Waals surface area contributed by atoms with Crippen LogP contribution in [0.2, 0.25) is 5.02 Å². The molecule has 0 fully saturated rings. The maximum absolute atomic E-state index is 8.95. The third-order valence-corrected chi connectivity index (χ3v) is 3.67. The molecule has 2 aromatic rings. The molecule has 0 aliphatic heterocycles. The molecule has 1 N–H and O–H groups in total. The molecule has 1 aromatic heterocycles. The smallest absolute Gasteiger partial charge is 0.127 e. The van der Waals surface area contributed by atoms with E-state index in [9.17, 15) is 0 Å². The van der Waals surface area contributed by atoms with E-state index in [1.165, 1.54) is 0 Å². The molecule has 0 spiro atoms. The van der Waals surface area contributed by atoms with E-state index in [1.807, 2.05) is 24.3 Å². The number of aromatic nitrogens is 1. The molecule has 0 radical (unpaired) electrons. The molecule has 2 rings (SSSR count). The SMILES string of the molecule is OCCc1conc1[C@H](Br)c1ccc(Cl)cc1. The van der Waals surface area contributed by atoms with Crippen LogP contribution in [0.5, 0.6) is 0 Å². The Hall–Kier alpha value is -0.840. The van der Waals surface area contributed by atoms with Gasteiger partial charge in [-0.2, -0.15) is 0 Å². The lowest BCUT2D eigenvalue weighted by molar-refractivity contribution is 0.299. The number of alkyl halides is 1. The van der Waals surface area contributed by atoms with E-state index in [1.54, 1.807) is 6.26 Å². The molecule has 0 bridgehead atoms. The Morgan fingerprint density at radius 2 is 2.06 bits per heavy atom. The van der Waals surface area contributed by atoms with Gasteiger partial charge in [0.25, 0.3) is 0 Å². The van der Waals surface area contributed by atoms with Crippen LogP contribution in [0, 0.1) is 0 Å². The molecule has 0 saturated heterocycles. The number of hydrogen-bond acceptors (Lipinski definition) is 3. The van der Waals surface area contributed by atoms with Crippen LogP contribution in [-0.4, -0.2) is 16.9 Å². The van der Waals surface area contributed by atoms with Gasteiger partial charge in [0, 0.05) is 23.6 Å². The summed E-state index contributed by atoms with van der Waals surface area (Å²) in [6.07, 6.45) is 2.10. The monoisotopic (exact) mass is 315 g/mol. The molecule has 3 nitrogen and oxygen atoms in total. The molecule has 0 amide bonds. The molecule has 0 aliphatic rings. The normalized spacial score (nSPS) is 12.6. The number of hydrogen-bond donors (Lipinski definition) is 1. The van der Waals surface area contributed by atoms with E-state index in [0.29, 0.717) is 11.4 Å². The van der Waals surface area contributed by atoms with Crippen LogP contribution in [0.15, 0.2) is 35.1 Å². The van der Waals surface area contributed by atoms with E-state index in [0.717, 1.165) is 16.8 Å². The minimum absolute atomic E-state index is 0.0555. The summed E-state index contributed by atoms with van der Waals surface area (Å²) in [5.41, 5.74) is 2.74. The Balaban J connectivity index is 2.26. The maximum Gasteiger partial charge on any atom is 0.127 e. The van der Waals surface area contributed by atoms with Gasteiger partial charge < -0.3 is 9.63 Å². The fourth-order valence-electron chi connectivity index (χ4n) is 1.57. The van der Waals surface area contributed by atoms with Gasteiger partial charge in [-0.15, -0.1) is 0 Å². The van der Waals surface area contributed by atoms with Crippen molar-refractivity contribution >= 4 is 27.5 Å². The first-order chi connectivity index (χ1) is 8.22. The Morgan fingerprint density at radius 1 is 1.35 bits per heavy atom. The van der Waals surface area contributed by atoms with Crippen LogP contribution in [-0.2, 0) is 6.42 Å². The van der Waals surface area contributed by atoms with Crippen LogP contribution < -0.4 is 0 Å². The minimum atomic E-state index is -0.0555. The van der Waals surface area contributed by atoms with Crippen molar-refractivity contribution in [3.63, 3.8) is 0 Å². The van der Waals surface area contributed by atoms with Crippen molar-refractivity contribution in [3.05, 3.63) is 52.4 Å². The Bertz CT molecular complexity index is 484. The summed E-state index contributed by atoms with van der Waals surface area (Å²) in [5, 5.41) is 13.6. The summed E-state index contributed by atoms with van der Waals surface area (Å²) in [4.78, 5) is -0.0555. The average molecular weight is 317 g/mol. The molecule has 0 unspecified atom stereocenters. The highest BCUT2D eigenvalue weighted by atomic mass is 79.9. The van der Waals surface area contributed by atoms with Crippen molar-refractivity contribution in [2.45, 2.75) is 11.2 Å². The van der Waals surface area contributed by atoms with Crippen LogP contribution >= 0.6 is 27.5 Å². The maximum atomic E-state index is 8.95. The largest absolute Gasteiger partial charge is 0.396 e. The van der Waals surface area contributed by atoms with Crippen molar-refractivity contribution in [2.75, 3.05) is 6.61 Å². The fourth-order valence-corrected chi connectivity index (χ4v) is 2.38. The number of benzene rings is 1. The second kappa shape index (κ2) is 5.67. The van der Waals surface area contributed by atoms with Gasteiger partial charge >= 0.3 is 0 Å². The second-order valence-electron chi connectivity index (χ2n) is 3.61. The van der Waals surface area contributed by atoms with E-state index in [2.05, 4.69) is 21.1 Å². The minimum Gasteiger partial charge on any atom is -0.396 e. The van der Waals surface area contributed by atoms with Crippen LogP contribution in [0.1, 0.15) is 21.6 Å². The third kappa shape index (κ3) is 2.89. The fraction of sp³-hybridized carbons (Fsp3) is 0.250. The van der Waals surface area contributed by atoms with Crippen LogP contribution in [0.25, 0.3) is 0 Å². The molecule has 0 aliphatic carbocycles. The van der Waals surface area contributed by atoms with Crippen molar-refractivity contribution in [1.29, 1.82) is 0 Å².